The van der Waals surface area contributed by atoms with Gasteiger partial charge in [-0.15, -0.1) is 0 Å². The van der Waals surface area contributed by atoms with Crippen molar-refractivity contribution in [1.82, 2.24) is 0 Å². The van der Waals surface area contributed by atoms with E-state index >= 15 is 0 Å². The van der Waals surface area contributed by atoms with Crippen molar-refractivity contribution in [2.75, 3.05) is 0 Å². The minimum Gasteiger partial charge on any atom is -1.00 e. The predicted molar refractivity (Wildman–Crippen MR) is 142 cm³/mol. The quantitative estimate of drug-likeness (QED) is 0.216. The van der Waals surface area contributed by atoms with Gasteiger partial charge in [0.2, 0.25) is 0 Å². The Labute approximate surface area is 249 Å². The number of allylic oxidation sites excluding steroid dienone is 4. The standard InChI is InChI=1S/C31H35Si.3ClH.Ti/c1-7-26-19-27(8-2)21-30(20-26)32(28-15-11-9-12-16-28,29-17-13-10-14-18-29)31(6)22-23(3)24(4)25(31)5;;;;/h9-21H,7-8H2,1-6H3;3*1H;/q;;;;+3/p-3. The molecular formula is C31H35Cl3SiTi. The van der Waals surface area contributed by atoms with Gasteiger partial charge in [0.25, 0.3) is 0 Å². The first-order valence-corrected chi connectivity index (χ1v) is 15.0. The van der Waals surface area contributed by atoms with Crippen LogP contribution >= 0.6 is 0 Å². The third-order valence-electron chi connectivity index (χ3n) is 8.22. The molecule has 0 saturated heterocycles. The number of halogens is 3. The SMILES string of the molecule is CCc1cc(CC)cc([Si](c2ccccc2)(c2ccccc2)C2(C)C(C)=C(C)C(C)=[C]2[Ti+3])c1.[Cl-].[Cl-].[Cl-]. The van der Waals surface area contributed by atoms with Gasteiger partial charge in [-0.1, -0.05) is 0 Å². The predicted octanol–water partition coefficient (Wildman–Crippen LogP) is -2.78. The second-order valence-electron chi connectivity index (χ2n) is 9.60. The second kappa shape index (κ2) is 13.1. The van der Waals surface area contributed by atoms with E-state index in [0.29, 0.717) is 0 Å². The van der Waals surface area contributed by atoms with Crippen LogP contribution in [-0.4, -0.2) is 8.07 Å². The molecule has 0 bridgehead atoms. The summed E-state index contributed by atoms with van der Waals surface area (Å²) in [7, 11) is -2.54. The third kappa shape index (κ3) is 5.01. The minimum absolute atomic E-state index is 0. The summed E-state index contributed by atoms with van der Waals surface area (Å²) in [6, 6.07) is 30.4. The van der Waals surface area contributed by atoms with Crippen molar-refractivity contribution in [3.8, 4) is 0 Å². The van der Waals surface area contributed by atoms with Gasteiger partial charge in [0.05, 0.1) is 0 Å². The van der Waals surface area contributed by atoms with Crippen molar-refractivity contribution in [1.29, 1.82) is 0 Å². The first-order chi connectivity index (χ1) is 15.8. The Morgan fingerprint density at radius 3 is 1.39 bits per heavy atom. The van der Waals surface area contributed by atoms with Crippen molar-refractivity contribution < 1.29 is 57.7 Å². The molecule has 3 aromatic rings. The first kappa shape index (κ1) is 33.0. The Hall–Kier alpha value is -1.06. The Morgan fingerprint density at radius 2 is 1.06 bits per heavy atom. The normalized spacial score (nSPS) is 17.3. The zero-order chi connectivity index (χ0) is 23.8. The van der Waals surface area contributed by atoms with Crippen molar-refractivity contribution in [3.05, 3.63) is 111 Å². The van der Waals surface area contributed by atoms with Gasteiger partial charge in [-0.25, -0.2) is 0 Å². The van der Waals surface area contributed by atoms with E-state index in [1.165, 1.54) is 42.1 Å². The van der Waals surface area contributed by atoms with Crippen molar-refractivity contribution >= 4 is 23.6 Å². The van der Waals surface area contributed by atoms with Crippen LogP contribution in [0, 0.1) is 0 Å². The molecule has 1 unspecified atom stereocenters. The molecule has 4 rings (SSSR count). The summed E-state index contributed by atoms with van der Waals surface area (Å²) in [6.45, 7) is 14.2. The summed E-state index contributed by atoms with van der Waals surface area (Å²) < 4.78 is 1.54. The van der Waals surface area contributed by atoms with E-state index in [9.17, 15) is 0 Å². The maximum Gasteiger partial charge on any atom is -1.00 e. The van der Waals surface area contributed by atoms with Crippen LogP contribution in [0.15, 0.2) is 99.5 Å². The van der Waals surface area contributed by atoms with Crippen LogP contribution in [0.1, 0.15) is 52.7 Å². The third-order valence-corrected chi connectivity index (χ3v) is 15.7. The van der Waals surface area contributed by atoms with Crippen molar-refractivity contribution in [2.24, 2.45) is 0 Å². The Kier molecular flexibility index (Phi) is 12.0. The summed E-state index contributed by atoms with van der Waals surface area (Å²) in [5.41, 5.74) is 7.39. The summed E-state index contributed by atoms with van der Waals surface area (Å²) in [5.74, 6) is 0. The molecule has 0 heterocycles. The van der Waals surface area contributed by atoms with Gasteiger partial charge in [0, 0.05) is 0 Å². The fourth-order valence-electron chi connectivity index (χ4n) is 6.00. The van der Waals surface area contributed by atoms with Crippen LogP contribution in [0.4, 0.5) is 0 Å². The van der Waals surface area contributed by atoms with Gasteiger partial charge in [0.1, 0.15) is 0 Å². The zero-order valence-electron chi connectivity index (χ0n) is 22.1. The first-order valence-electron chi connectivity index (χ1n) is 12.2. The molecule has 1 atom stereocenters. The maximum atomic E-state index is 2.55. The molecule has 1 aliphatic rings. The monoisotopic (exact) mass is 588 g/mol. The Bertz CT molecular complexity index is 1150. The molecule has 0 radical (unpaired) electrons. The molecule has 0 saturated carbocycles. The van der Waals surface area contributed by atoms with Crippen LogP contribution in [0.5, 0.6) is 0 Å². The molecule has 0 N–H and O–H groups in total. The van der Waals surface area contributed by atoms with Gasteiger partial charge in [0.15, 0.2) is 0 Å². The summed E-state index contributed by atoms with van der Waals surface area (Å²) >= 11 is 2.40. The molecule has 0 nitrogen and oxygen atoms in total. The van der Waals surface area contributed by atoms with E-state index < -0.39 is 8.07 Å². The van der Waals surface area contributed by atoms with Crippen LogP contribution < -0.4 is 52.8 Å². The van der Waals surface area contributed by atoms with Gasteiger partial charge in [-0.05, 0) is 0 Å². The van der Waals surface area contributed by atoms with E-state index in [4.69, 9.17) is 0 Å². The van der Waals surface area contributed by atoms with Crippen LogP contribution in [0.2, 0.25) is 5.04 Å². The second-order valence-corrected chi connectivity index (χ2v) is 14.6. The number of aryl methyl sites for hydroxylation is 2. The van der Waals surface area contributed by atoms with Crippen LogP contribution in [-0.2, 0) is 33.3 Å². The van der Waals surface area contributed by atoms with Crippen molar-refractivity contribution in [3.63, 3.8) is 0 Å². The molecule has 3 aromatic carbocycles. The van der Waals surface area contributed by atoms with Gasteiger partial charge in [-0.3, -0.25) is 0 Å². The summed E-state index contributed by atoms with van der Waals surface area (Å²) in [4.78, 5) is 0. The molecular weight excluding hydrogens is 555 g/mol. The molecule has 0 amide bonds. The number of hydrogen-bond acceptors (Lipinski definition) is 0. The Balaban J connectivity index is 0.00000216. The van der Waals surface area contributed by atoms with E-state index in [2.05, 4.69) is 141 Å². The molecule has 188 valence electrons. The largest absolute Gasteiger partial charge is 1.00 e. The van der Waals surface area contributed by atoms with E-state index in [1.807, 2.05) is 0 Å². The molecule has 0 aliphatic heterocycles. The zero-order valence-corrected chi connectivity index (χ0v) is 26.9. The fourth-order valence-corrected chi connectivity index (χ4v) is 13.7. The topological polar surface area (TPSA) is 0 Å². The smallest absolute Gasteiger partial charge is 1.00 e. The number of benzene rings is 3. The van der Waals surface area contributed by atoms with E-state index in [-0.39, 0.29) is 42.3 Å². The molecule has 0 aromatic heterocycles. The van der Waals surface area contributed by atoms with Crippen LogP contribution in [0.25, 0.3) is 0 Å². The average Bonchev–Trinajstić information content (AvgIpc) is 3.01. The maximum absolute atomic E-state index is 2.55. The van der Waals surface area contributed by atoms with Gasteiger partial charge < -0.3 is 37.2 Å². The summed E-state index contributed by atoms with van der Waals surface area (Å²) in [5, 5.41) is 4.49. The molecule has 5 heteroatoms. The average molecular weight is 590 g/mol. The van der Waals surface area contributed by atoms with E-state index in [0.717, 1.165) is 12.8 Å². The molecule has 1 aliphatic carbocycles. The van der Waals surface area contributed by atoms with Crippen molar-refractivity contribution in [2.45, 2.75) is 59.4 Å². The molecule has 0 spiro atoms. The molecule has 0 fully saturated rings. The Morgan fingerprint density at radius 1 is 0.639 bits per heavy atom. The van der Waals surface area contributed by atoms with Crippen LogP contribution in [0.3, 0.4) is 0 Å². The van der Waals surface area contributed by atoms with E-state index in [1.54, 1.807) is 5.19 Å². The summed E-state index contributed by atoms with van der Waals surface area (Å²) in [6.07, 6.45) is 2.13. The van der Waals surface area contributed by atoms with Gasteiger partial charge >= 0.3 is 214 Å². The number of rotatable bonds is 6. The molecule has 36 heavy (non-hydrogen) atoms. The minimum atomic E-state index is -2.54. The number of hydrogen-bond donors (Lipinski definition) is 0. The fraction of sp³-hybridized carbons (Fsp3) is 0.290. The van der Waals surface area contributed by atoms with Gasteiger partial charge in [-0.2, -0.15) is 0 Å².